The second-order valence-electron chi connectivity index (χ2n) is 9.33. The fourth-order valence-electron chi connectivity index (χ4n) is 3.57. The second kappa shape index (κ2) is 12.7. The van der Waals surface area contributed by atoms with Crippen LogP contribution in [0.5, 0.6) is 11.5 Å². The van der Waals surface area contributed by atoms with Crippen LogP contribution in [-0.4, -0.2) is 62.6 Å². The summed E-state index contributed by atoms with van der Waals surface area (Å²) in [5, 5.41) is 2.96. The number of amides is 2. The van der Waals surface area contributed by atoms with E-state index in [-0.39, 0.29) is 17.2 Å². The van der Waals surface area contributed by atoms with Crippen LogP contribution in [-0.2, 0) is 16.6 Å². The van der Waals surface area contributed by atoms with Gasteiger partial charge in [0.25, 0.3) is 5.91 Å². The van der Waals surface area contributed by atoms with Crippen LogP contribution in [0.4, 0.5) is 0 Å². The highest BCUT2D eigenvalue weighted by Crippen LogP contribution is 2.27. The molecule has 186 valence electrons. The summed E-state index contributed by atoms with van der Waals surface area (Å²) in [5.74, 6) is 1.80. The lowest BCUT2D eigenvalue weighted by atomic mass is 9.86. The predicted molar refractivity (Wildman–Crippen MR) is 140 cm³/mol. The van der Waals surface area contributed by atoms with Crippen LogP contribution in [0.15, 0.2) is 42.5 Å². The van der Waals surface area contributed by atoms with Crippen LogP contribution >= 0.6 is 11.8 Å². The van der Waals surface area contributed by atoms with Crippen LogP contribution in [0.3, 0.4) is 0 Å². The Labute approximate surface area is 208 Å². The number of rotatable bonds is 11. The average molecular weight is 487 g/mol. The van der Waals surface area contributed by atoms with Crippen molar-refractivity contribution in [2.75, 3.05) is 39.8 Å². The van der Waals surface area contributed by atoms with Gasteiger partial charge in [-0.15, -0.1) is 0 Å². The van der Waals surface area contributed by atoms with Gasteiger partial charge in [-0.1, -0.05) is 39.0 Å². The third-order valence-corrected chi connectivity index (χ3v) is 6.43. The summed E-state index contributed by atoms with van der Waals surface area (Å²) < 4.78 is 10.7. The molecule has 0 bridgehead atoms. The number of benzene rings is 2. The molecule has 0 aliphatic rings. The van der Waals surface area contributed by atoms with E-state index in [4.69, 9.17) is 9.47 Å². The van der Waals surface area contributed by atoms with Gasteiger partial charge in [0.05, 0.1) is 14.2 Å². The van der Waals surface area contributed by atoms with E-state index in [0.717, 1.165) is 16.9 Å². The van der Waals surface area contributed by atoms with Crippen LogP contribution in [0.1, 0.15) is 48.7 Å². The molecule has 0 fully saturated rings. The molecular formula is C27H38N2O4S. The molecule has 0 spiro atoms. The summed E-state index contributed by atoms with van der Waals surface area (Å²) in [5.41, 5.74) is 2.78. The van der Waals surface area contributed by atoms with Crippen molar-refractivity contribution in [3.05, 3.63) is 59.2 Å². The van der Waals surface area contributed by atoms with E-state index in [2.05, 4.69) is 26.1 Å². The molecule has 0 aliphatic heterocycles. The summed E-state index contributed by atoms with van der Waals surface area (Å²) in [4.78, 5) is 27.8. The Morgan fingerprint density at radius 3 is 2.24 bits per heavy atom. The number of carbonyl (C=O) groups excluding carboxylic acids is 2. The Bertz CT molecular complexity index is 954. The standard InChI is InChI=1S/C27H38N2O4S/c1-27(2,3)21-11-9-20(10-12-21)25(30)28-22(15-17-34-7)26(31)29(4)16-14-19-8-13-23(32-5)24(18-19)33-6/h8-13,18,22H,14-17H2,1-7H3,(H,28,30)/t22-/m0/s1. The lowest BCUT2D eigenvalue weighted by molar-refractivity contribution is -0.131. The summed E-state index contributed by atoms with van der Waals surface area (Å²) in [6, 6.07) is 12.8. The zero-order valence-corrected chi connectivity index (χ0v) is 22.3. The van der Waals surface area contributed by atoms with Crippen molar-refractivity contribution >= 4 is 23.6 Å². The molecule has 6 nitrogen and oxygen atoms in total. The van der Waals surface area contributed by atoms with Crippen molar-refractivity contribution in [1.29, 1.82) is 0 Å². The minimum Gasteiger partial charge on any atom is -0.493 e. The maximum atomic E-state index is 13.2. The van der Waals surface area contributed by atoms with E-state index in [9.17, 15) is 9.59 Å². The Kier molecular flexibility index (Phi) is 10.3. The van der Waals surface area contributed by atoms with E-state index >= 15 is 0 Å². The highest BCUT2D eigenvalue weighted by atomic mass is 32.2. The molecule has 2 rings (SSSR count). The molecule has 0 heterocycles. The Balaban J connectivity index is 2.05. The third-order valence-electron chi connectivity index (χ3n) is 5.79. The number of nitrogens with one attached hydrogen (secondary N) is 1. The zero-order chi connectivity index (χ0) is 25.3. The summed E-state index contributed by atoms with van der Waals surface area (Å²) in [6.45, 7) is 6.94. The number of methoxy groups -OCH3 is 2. The Morgan fingerprint density at radius 2 is 1.68 bits per heavy atom. The number of hydrogen-bond acceptors (Lipinski definition) is 5. The van der Waals surface area contributed by atoms with Crippen molar-refractivity contribution in [2.24, 2.45) is 0 Å². The normalized spacial score (nSPS) is 12.1. The average Bonchev–Trinajstić information content (AvgIpc) is 2.83. The maximum Gasteiger partial charge on any atom is 0.251 e. The minimum absolute atomic E-state index is 0.0163. The smallest absolute Gasteiger partial charge is 0.251 e. The number of carbonyl (C=O) groups is 2. The first-order valence-electron chi connectivity index (χ1n) is 11.5. The SMILES string of the molecule is COc1ccc(CCN(C)C(=O)[C@H](CCSC)NC(=O)c2ccc(C(C)(C)C)cc2)cc1OC. The fourth-order valence-corrected chi connectivity index (χ4v) is 4.04. The molecular weight excluding hydrogens is 448 g/mol. The number of hydrogen-bond donors (Lipinski definition) is 1. The monoisotopic (exact) mass is 486 g/mol. The molecule has 2 aromatic rings. The van der Waals surface area contributed by atoms with Gasteiger partial charge in [0.15, 0.2) is 11.5 Å². The second-order valence-corrected chi connectivity index (χ2v) is 10.3. The van der Waals surface area contributed by atoms with Gasteiger partial charge in [-0.2, -0.15) is 11.8 Å². The van der Waals surface area contributed by atoms with E-state index in [1.165, 1.54) is 0 Å². The van der Waals surface area contributed by atoms with Crippen molar-refractivity contribution in [2.45, 2.75) is 45.1 Å². The molecule has 0 aromatic heterocycles. The Morgan fingerprint density at radius 1 is 1.03 bits per heavy atom. The summed E-state index contributed by atoms with van der Waals surface area (Å²) >= 11 is 1.66. The van der Waals surface area contributed by atoms with E-state index in [1.807, 2.05) is 48.7 Å². The molecule has 0 saturated heterocycles. The minimum atomic E-state index is -0.572. The zero-order valence-electron chi connectivity index (χ0n) is 21.4. The van der Waals surface area contributed by atoms with Gasteiger partial charge < -0.3 is 19.7 Å². The van der Waals surface area contributed by atoms with Gasteiger partial charge in [0.1, 0.15) is 6.04 Å². The van der Waals surface area contributed by atoms with Crippen LogP contribution in [0, 0.1) is 0 Å². The lowest BCUT2D eigenvalue weighted by Crippen LogP contribution is -2.48. The largest absolute Gasteiger partial charge is 0.493 e. The Hall–Kier alpha value is -2.67. The first kappa shape index (κ1) is 27.6. The van der Waals surface area contributed by atoms with Crippen LogP contribution in [0.2, 0.25) is 0 Å². The molecule has 0 aliphatic carbocycles. The molecule has 2 amide bonds. The first-order chi connectivity index (χ1) is 16.1. The van der Waals surface area contributed by atoms with Gasteiger partial charge in [0, 0.05) is 19.2 Å². The highest BCUT2D eigenvalue weighted by Gasteiger charge is 2.24. The molecule has 0 unspecified atom stereocenters. The molecule has 7 heteroatoms. The van der Waals surface area contributed by atoms with Crippen molar-refractivity contribution in [3.63, 3.8) is 0 Å². The molecule has 1 N–H and O–H groups in total. The van der Waals surface area contributed by atoms with Gasteiger partial charge in [-0.3, -0.25) is 9.59 Å². The number of likely N-dealkylation sites (N-methyl/N-ethyl adjacent to an activating group) is 1. The van der Waals surface area contributed by atoms with Crippen molar-refractivity contribution in [1.82, 2.24) is 10.2 Å². The fraction of sp³-hybridized carbons (Fsp3) is 0.481. The predicted octanol–water partition coefficient (Wildman–Crippen LogP) is 4.55. The molecule has 1 atom stereocenters. The highest BCUT2D eigenvalue weighted by molar-refractivity contribution is 7.98. The van der Waals surface area contributed by atoms with Crippen molar-refractivity contribution in [3.8, 4) is 11.5 Å². The van der Waals surface area contributed by atoms with Crippen LogP contribution < -0.4 is 14.8 Å². The third kappa shape index (κ3) is 7.69. The first-order valence-corrected chi connectivity index (χ1v) is 12.9. The van der Waals surface area contributed by atoms with E-state index in [1.54, 1.807) is 37.9 Å². The maximum absolute atomic E-state index is 13.2. The van der Waals surface area contributed by atoms with Gasteiger partial charge in [0.2, 0.25) is 5.91 Å². The molecule has 34 heavy (non-hydrogen) atoms. The topological polar surface area (TPSA) is 67.9 Å². The number of nitrogens with zero attached hydrogens (tertiary/aromatic N) is 1. The van der Waals surface area contributed by atoms with E-state index < -0.39 is 6.04 Å². The summed E-state index contributed by atoms with van der Waals surface area (Å²) in [7, 11) is 4.98. The van der Waals surface area contributed by atoms with E-state index in [0.29, 0.717) is 36.4 Å². The quantitative estimate of drug-likeness (QED) is 0.505. The summed E-state index contributed by atoms with van der Waals surface area (Å²) in [6.07, 6.45) is 3.24. The van der Waals surface area contributed by atoms with Crippen molar-refractivity contribution < 1.29 is 19.1 Å². The number of ether oxygens (including phenoxy) is 2. The molecule has 2 aromatic carbocycles. The number of thioether (sulfide) groups is 1. The van der Waals surface area contributed by atoms with Crippen LogP contribution in [0.25, 0.3) is 0 Å². The molecule has 0 radical (unpaired) electrons. The van der Waals surface area contributed by atoms with Gasteiger partial charge >= 0.3 is 0 Å². The molecule has 0 saturated carbocycles. The van der Waals surface area contributed by atoms with Gasteiger partial charge in [-0.05, 0) is 65.7 Å². The lowest BCUT2D eigenvalue weighted by Gasteiger charge is -2.25. The van der Waals surface area contributed by atoms with Gasteiger partial charge in [-0.25, -0.2) is 0 Å².